The molecule has 0 saturated carbocycles. The lowest BCUT2D eigenvalue weighted by atomic mass is 9.92. The van der Waals surface area contributed by atoms with Crippen LogP contribution in [0.15, 0.2) is 573 Å². The number of thiophene rings is 1. The molecular formula is C144H93N3O2S. The summed E-state index contributed by atoms with van der Waals surface area (Å²) < 4.78 is 82.1. The topological polar surface area (TPSA) is 41.1 Å². The monoisotopic (exact) mass is 1930 g/mol. The van der Waals surface area contributed by atoms with Crippen molar-refractivity contribution >= 4 is 141 Å². The maximum absolute atomic E-state index is 8.99. The number of hydrogen-bond donors (Lipinski definition) is 0. The van der Waals surface area contributed by atoms with Gasteiger partial charge in [-0.25, -0.2) is 0 Å². The molecule has 0 amide bonds. The molecule has 6 aromatic heterocycles. The summed E-state index contributed by atoms with van der Waals surface area (Å²) in [5.74, 6) is 0. The molecule has 0 fully saturated rings. The van der Waals surface area contributed by atoms with Crippen LogP contribution < -0.4 is 0 Å². The summed E-state index contributed by atoms with van der Waals surface area (Å²) in [5.41, 5.74) is 38.5. The van der Waals surface area contributed by atoms with Gasteiger partial charge in [0.1, 0.15) is 22.3 Å². The second-order valence-electron chi connectivity index (χ2n) is 38.2. The Morgan fingerprint density at radius 1 is 0.167 bits per heavy atom. The van der Waals surface area contributed by atoms with Crippen molar-refractivity contribution in [3.05, 3.63) is 564 Å². The Labute approximate surface area is 881 Å². The van der Waals surface area contributed by atoms with Gasteiger partial charge >= 0.3 is 0 Å². The van der Waals surface area contributed by atoms with Gasteiger partial charge in [-0.1, -0.05) is 449 Å². The van der Waals surface area contributed by atoms with Gasteiger partial charge in [0, 0.05) is 102 Å². The minimum atomic E-state index is -0.448. The van der Waals surface area contributed by atoms with Crippen LogP contribution in [0.3, 0.4) is 0 Å². The van der Waals surface area contributed by atoms with Crippen molar-refractivity contribution in [1.82, 2.24) is 13.7 Å². The van der Waals surface area contributed by atoms with E-state index in [0.29, 0.717) is 5.56 Å². The largest absolute Gasteiger partial charge is 0.456 e. The van der Waals surface area contributed by atoms with Crippen LogP contribution in [0.4, 0.5) is 0 Å². The van der Waals surface area contributed by atoms with Crippen LogP contribution in [-0.4, -0.2) is 13.7 Å². The molecule has 0 atom stereocenters. The summed E-state index contributed by atoms with van der Waals surface area (Å²) in [4.78, 5) is 0. The number of benzene rings is 24. The maximum Gasteiger partial charge on any atom is 0.143 e. The third-order valence-electron chi connectivity index (χ3n) is 29.6. The van der Waals surface area contributed by atoms with Crippen molar-refractivity contribution in [1.29, 1.82) is 0 Å². The van der Waals surface area contributed by atoms with Crippen molar-refractivity contribution in [2.24, 2.45) is 0 Å². The van der Waals surface area contributed by atoms with Crippen LogP contribution >= 0.6 is 11.3 Å². The van der Waals surface area contributed by atoms with Crippen molar-refractivity contribution in [2.45, 2.75) is 0 Å². The molecule has 150 heavy (non-hydrogen) atoms. The van der Waals surface area contributed by atoms with Crippen LogP contribution in [0.2, 0.25) is 0 Å². The first-order valence-corrected chi connectivity index (χ1v) is 51.5. The number of aromatic nitrogens is 3. The van der Waals surface area contributed by atoms with Crippen LogP contribution in [-0.2, 0) is 0 Å². The molecule has 30 rings (SSSR count). The third-order valence-corrected chi connectivity index (χ3v) is 30.8. The standard InChI is InChI=1S/2C48H31NO.C48H31NS/c1-3-12-32(13-4-1)36-26-28-45-42(30-36)43-31-37(33-14-5-2-6-15-33)27-29-46(43)49(45)44-20-9-7-16-38(44)34-22-24-35(25-23-34)39-18-11-19-41-40-17-8-10-21-47(40)50-48(39)41;1-3-12-32(13-4-1)36-26-28-44-41(30-36)42-31-37(33-14-5-2-6-15-33)27-29-45(42)49(44)43-19-9-7-16-38(43)34-22-24-35(25-23-34)39-18-11-21-47-48(39)40-17-8-10-20-46(40)50-47;1-3-14-32(15-4-1)34-26-28-45-42(30-34)43-31-35(33-16-5-2-6-17-33)27-29-46(43)49(45)44-24-11-9-20-38(44)36-18-7-8-19-37(36)40-22-13-23-41-39-21-10-12-25-47(39)50-48(40)41/h3*1-31H/i;8D,10D,11D,17D,18D,20D,21D;. The number of rotatable bonds is 15. The predicted molar refractivity (Wildman–Crippen MR) is 635 cm³/mol. The number of para-hydroxylation sites is 6. The van der Waals surface area contributed by atoms with E-state index in [2.05, 4.69) is 475 Å². The van der Waals surface area contributed by atoms with Gasteiger partial charge in [0.05, 0.1) is 59.8 Å². The summed E-state index contributed by atoms with van der Waals surface area (Å²) in [6.45, 7) is 0. The minimum absolute atomic E-state index is 0.0420. The summed E-state index contributed by atoms with van der Waals surface area (Å²) in [6, 6.07) is 184. The van der Waals surface area contributed by atoms with Crippen molar-refractivity contribution in [3.63, 3.8) is 0 Å². The zero-order valence-corrected chi connectivity index (χ0v) is 82.0. The van der Waals surface area contributed by atoms with E-state index in [1.807, 2.05) is 72.0 Å². The predicted octanol–water partition coefficient (Wildman–Crippen LogP) is 40.5. The first kappa shape index (κ1) is 80.9. The minimum Gasteiger partial charge on any atom is -0.456 e. The van der Waals surface area contributed by atoms with Gasteiger partial charge in [0.2, 0.25) is 0 Å². The van der Waals surface area contributed by atoms with E-state index in [9.17, 15) is 0 Å². The molecule has 0 aliphatic heterocycles. The number of hydrogen-bond acceptors (Lipinski definition) is 3. The average molecular weight is 1940 g/mol. The fourth-order valence-corrected chi connectivity index (χ4v) is 23.8. The van der Waals surface area contributed by atoms with Gasteiger partial charge < -0.3 is 22.5 Å². The second-order valence-corrected chi connectivity index (χ2v) is 39.2. The molecular weight excluding hydrogens is 1840 g/mol. The van der Waals surface area contributed by atoms with Crippen LogP contribution in [0, 0.1) is 0 Å². The van der Waals surface area contributed by atoms with E-state index in [0.717, 1.165) is 105 Å². The Hall–Kier alpha value is -19.5. The third kappa shape index (κ3) is 15.6. The van der Waals surface area contributed by atoms with Crippen molar-refractivity contribution in [3.8, 4) is 151 Å². The van der Waals surface area contributed by atoms with Gasteiger partial charge in [-0.15, -0.1) is 11.3 Å². The molecule has 0 radical (unpaired) electrons. The van der Waals surface area contributed by atoms with Gasteiger partial charge in [-0.2, -0.15) is 0 Å². The fraction of sp³-hybridized carbons (Fsp3) is 0. The number of nitrogens with zero attached hydrogens (tertiary/aromatic N) is 3. The summed E-state index contributed by atoms with van der Waals surface area (Å²) in [7, 11) is 0. The molecule has 0 spiro atoms. The molecule has 30 aromatic rings. The number of furan rings is 2. The molecule has 0 N–H and O–H groups in total. The lowest BCUT2D eigenvalue weighted by molar-refractivity contribution is 0.669. The zero-order chi connectivity index (χ0) is 105. The lowest BCUT2D eigenvalue weighted by Crippen LogP contribution is -1.98. The highest BCUT2D eigenvalue weighted by Gasteiger charge is 2.26. The highest BCUT2D eigenvalue weighted by molar-refractivity contribution is 7.26. The molecule has 0 aliphatic rings. The summed E-state index contributed by atoms with van der Waals surface area (Å²) >= 11 is 1.89. The first-order valence-electron chi connectivity index (χ1n) is 54.2. The Balaban J connectivity index is 0.000000112. The molecule has 0 saturated heterocycles. The molecule has 0 bridgehead atoms. The Morgan fingerprint density at radius 2 is 0.467 bits per heavy atom. The number of fused-ring (bicyclic) bond motifs is 18. The molecule has 702 valence electrons. The van der Waals surface area contributed by atoms with E-state index < -0.39 is 12.1 Å². The average Bonchev–Trinajstić information content (AvgIpc) is 1.57. The SMILES string of the molecule is [2H]c1c([2H])c([2H])c2c(oc3c([2H])c([2H])c([2H])c(-c4ccc(-c5ccccc5-n5c6ccc(-c7ccccc7)cc6c6cc(-c7ccccc7)ccc65)cc4)c32)c1[2H].c1ccc(-c2ccc3c(c2)c2cc(-c4ccccc4)ccc2n3-c2ccccc2-c2ccc(-c3cccc4c3oc3ccccc34)cc2)cc1.c1ccc(-c2ccc3c(c2)c2cc(-c4ccccc4)ccc2n3-c2ccccc2-c2ccccc2-c2cccc3c2sc2ccccc23)cc1. The Bertz CT molecular complexity index is 10600. The van der Waals surface area contributed by atoms with Crippen LogP contribution in [0.1, 0.15) is 9.60 Å². The summed E-state index contributed by atoms with van der Waals surface area (Å²) in [5, 5.41) is 12.5. The second kappa shape index (κ2) is 37.6. The lowest BCUT2D eigenvalue weighted by Gasteiger charge is -2.17. The van der Waals surface area contributed by atoms with E-state index in [4.69, 9.17) is 18.4 Å². The van der Waals surface area contributed by atoms with Crippen molar-refractivity contribution < 1.29 is 18.4 Å². The zero-order valence-electron chi connectivity index (χ0n) is 88.2. The van der Waals surface area contributed by atoms with E-state index >= 15 is 0 Å². The first-order chi connectivity index (χ1) is 77.3. The molecule has 5 nitrogen and oxygen atoms in total. The van der Waals surface area contributed by atoms with E-state index in [1.165, 1.54) is 142 Å². The van der Waals surface area contributed by atoms with Crippen LogP contribution in [0.25, 0.3) is 280 Å². The smallest absolute Gasteiger partial charge is 0.143 e. The fourth-order valence-electron chi connectivity index (χ4n) is 22.5. The highest BCUT2D eigenvalue weighted by atomic mass is 32.1. The van der Waals surface area contributed by atoms with Crippen molar-refractivity contribution in [2.75, 3.05) is 0 Å². The molecule has 24 aromatic carbocycles. The van der Waals surface area contributed by atoms with E-state index in [-0.39, 0.29) is 57.7 Å². The molecule has 6 heteroatoms. The molecule has 0 unspecified atom stereocenters. The van der Waals surface area contributed by atoms with E-state index in [1.54, 1.807) is 0 Å². The normalized spacial score (nSPS) is 12.3. The van der Waals surface area contributed by atoms with Gasteiger partial charge in [-0.05, 0) is 221 Å². The molecule has 6 heterocycles. The molecule has 0 aliphatic carbocycles. The van der Waals surface area contributed by atoms with Gasteiger partial charge in [0.15, 0.2) is 0 Å². The Kier molecular flexibility index (Phi) is 20.3. The maximum atomic E-state index is 8.99. The van der Waals surface area contributed by atoms with Gasteiger partial charge in [0.25, 0.3) is 0 Å². The Morgan fingerprint density at radius 3 is 0.893 bits per heavy atom. The highest BCUT2D eigenvalue weighted by Crippen LogP contribution is 2.50. The van der Waals surface area contributed by atoms with Gasteiger partial charge in [-0.3, -0.25) is 0 Å². The summed E-state index contributed by atoms with van der Waals surface area (Å²) in [6.07, 6.45) is 0. The quantitative estimate of drug-likeness (QED) is 0.103. The van der Waals surface area contributed by atoms with Crippen LogP contribution in [0.5, 0.6) is 0 Å².